The molecule has 0 fully saturated rings. The van der Waals surface area contributed by atoms with Gasteiger partial charge in [-0.1, -0.05) is 6.92 Å². The van der Waals surface area contributed by atoms with Gasteiger partial charge in [0.15, 0.2) is 0 Å². The van der Waals surface area contributed by atoms with E-state index in [1.807, 2.05) is 13.0 Å². The van der Waals surface area contributed by atoms with Crippen molar-refractivity contribution in [3.63, 3.8) is 0 Å². The van der Waals surface area contributed by atoms with E-state index in [9.17, 15) is 14.9 Å². The van der Waals surface area contributed by atoms with Crippen LogP contribution in [0.15, 0.2) is 35.1 Å². The van der Waals surface area contributed by atoms with Gasteiger partial charge in [0, 0.05) is 24.2 Å². The molecule has 0 aliphatic heterocycles. The van der Waals surface area contributed by atoms with Crippen LogP contribution in [0, 0.1) is 21.4 Å². The topological polar surface area (TPSA) is 102 Å². The van der Waals surface area contributed by atoms with Gasteiger partial charge >= 0.3 is 0 Å². The summed E-state index contributed by atoms with van der Waals surface area (Å²) in [6.07, 6.45) is 0.710. The maximum Gasteiger partial charge on any atom is 0.284 e. The van der Waals surface area contributed by atoms with Crippen LogP contribution in [0.4, 0.5) is 5.69 Å². The Morgan fingerprint density at radius 3 is 2.57 bits per heavy atom. The molecule has 21 heavy (non-hydrogen) atoms. The lowest BCUT2D eigenvalue weighted by Gasteiger charge is -2.07. The molecule has 1 aromatic carbocycles. The van der Waals surface area contributed by atoms with Gasteiger partial charge in [-0.15, -0.1) is 0 Å². The van der Waals surface area contributed by atoms with Gasteiger partial charge in [-0.2, -0.15) is 10.4 Å². The predicted octanol–water partition coefficient (Wildman–Crippen LogP) is 2.10. The number of benzene rings is 1. The van der Waals surface area contributed by atoms with Crippen molar-refractivity contribution < 1.29 is 4.92 Å². The molecule has 7 nitrogen and oxygen atoms in total. The SMILES string of the molecule is CCCn1nc(-c2ccc([N+](=O)[O-])cc2)cc(C#N)c1=O. The Bertz CT molecular complexity index is 772. The monoisotopic (exact) mass is 284 g/mol. The summed E-state index contributed by atoms with van der Waals surface area (Å²) >= 11 is 0. The first-order chi connectivity index (χ1) is 10.1. The van der Waals surface area contributed by atoms with Crippen molar-refractivity contribution in [3.8, 4) is 17.3 Å². The summed E-state index contributed by atoms with van der Waals surface area (Å²) in [6, 6.07) is 9.06. The van der Waals surface area contributed by atoms with E-state index >= 15 is 0 Å². The molecule has 0 saturated carbocycles. The van der Waals surface area contributed by atoms with Crippen LogP contribution in [0.5, 0.6) is 0 Å². The number of aryl methyl sites for hydroxylation is 1. The molecule has 7 heteroatoms. The summed E-state index contributed by atoms with van der Waals surface area (Å²) in [6.45, 7) is 2.31. The van der Waals surface area contributed by atoms with Crippen molar-refractivity contribution in [3.05, 3.63) is 56.4 Å². The fourth-order valence-corrected chi connectivity index (χ4v) is 1.88. The lowest BCUT2D eigenvalue weighted by molar-refractivity contribution is -0.384. The van der Waals surface area contributed by atoms with E-state index in [2.05, 4.69) is 5.10 Å². The molecule has 0 aliphatic carbocycles. The molecule has 106 valence electrons. The first kappa shape index (κ1) is 14.4. The van der Waals surface area contributed by atoms with E-state index in [0.29, 0.717) is 24.2 Å². The molecule has 0 N–H and O–H groups in total. The number of nitriles is 1. The van der Waals surface area contributed by atoms with Gasteiger partial charge in [0.1, 0.15) is 11.6 Å². The first-order valence-electron chi connectivity index (χ1n) is 6.34. The molecule has 1 aromatic heterocycles. The van der Waals surface area contributed by atoms with Crippen molar-refractivity contribution >= 4 is 5.69 Å². The first-order valence-corrected chi connectivity index (χ1v) is 6.34. The van der Waals surface area contributed by atoms with Gasteiger partial charge < -0.3 is 0 Å². The molecule has 0 saturated heterocycles. The highest BCUT2D eigenvalue weighted by Gasteiger charge is 2.11. The van der Waals surface area contributed by atoms with Crippen LogP contribution in [0.1, 0.15) is 18.9 Å². The number of rotatable bonds is 4. The van der Waals surface area contributed by atoms with E-state index in [-0.39, 0.29) is 11.3 Å². The molecule has 0 spiro atoms. The van der Waals surface area contributed by atoms with E-state index in [4.69, 9.17) is 5.26 Å². The molecular weight excluding hydrogens is 272 g/mol. The Morgan fingerprint density at radius 2 is 2.05 bits per heavy atom. The summed E-state index contributed by atoms with van der Waals surface area (Å²) in [5, 5.41) is 23.9. The number of nitro benzene ring substituents is 1. The maximum atomic E-state index is 11.9. The average molecular weight is 284 g/mol. The zero-order valence-corrected chi connectivity index (χ0v) is 11.3. The molecule has 0 amide bonds. The molecule has 2 aromatic rings. The van der Waals surface area contributed by atoms with Crippen LogP contribution in [0.25, 0.3) is 11.3 Å². The second-order valence-corrected chi connectivity index (χ2v) is 4.39. The average Bonchev–Trinajstić information content (AvgIpc) is 2.49. The third-order valence-electron chi connectivity index (χ3n) is 2.90. The minimum absolute atomic E-state index is 0.00630. The summed E-state index contributed by atoms with van der Waals surface area (Å²) in [7, 11) is 0. The van der Waals surface area contributed by atoms with Crippen molar-refractivity contribution in [1.29, 1.82) is 5.26 Å². The molecule has 0 bridgehead atoms. The molecule has 1 heterocycles. The fourth-order valence-electron chi connectivity index (χ4n) is 1.88. The Labute approximate surface area is 120 Å². The molecular formula is C14H12N4O3. The van der Waals surface area contributed by atoms with Gasteiger partial charge in [-0.3, -0.25) is 14.9 Å². The Kier molecular flexibility index (Phi) is 4.09. The minimum Gasteiger partial charge on any atom is -0.266 e. The van der Waals surface area contributed by atoms with Crippen molar-refractivity contribution in [2.24, 2.45) is 0 Å². The Balaban J connectivity index is 2.53. The number of non-ortho nitro benzene ring substituents is 1. The highest BCUT2D eigenvalue weighted by atomic mass is 16.6. The van der Waals surface area contributed by atoms with Crippen molar-refractivity contribution in [2.75, 3.05) is 0 Å². The lowest BCUT2D eigenvalue weighted by Crippen LogP contribution is -2.25. The normalized spacial score (nSPS) is 10.1. The van der Waals surface area contributed by atoms with Crippen LogP contribution in [-0.4, -0.2) is 14.7 Å². The van der Waals surface area contributed by atoms with Crippen molar-refractivity contribution in [1.82, 2.24) is 9.78 Å². The second-order valence-electron chi connectivity index (χ2n) is 4.39. The highest BCUT2D eigenvalue weighted by Crippen LogP contribution is 2.20. The third-order valence-corrected chi connectivity index (χ3v) is 2.90. The summed E-state index contributed by atoms with van der Waals surface area (Å²) in [4.78, 5) is 22.0. The van der Waals surface area contributed by atoms with E-state index in [1.165, 1.54) is 22.9 Å². The molecule has 0 radical (unpaired) electrons. The zero-order chi connectivity index (χ0) is 15.4. The fraction of sp³-hybridized carbons (Fsp3) is 0.214. The standard InChI is InChI=1S/C14H12N4O3/c1-2-7-17-14(19)11(9-15)8-13(16-17)10-3-5-12(6-4-10)18(20)21/h3-6,8H,2,7H2,1H3. The van der Waals surface area contributed by atoms with E-state index in [1.54, 1.807) is 12.1 Å². The number of nitrogens with zero attached hydrogens (tertiary/aromatic N) is 4. The molecule has 0 atom stereocenters. The van der Waals surface area contributed by atoms with Gasteiger partial charge in [0.25, 0.3) is 11.2 Å². The van der Waals surface area contributed by atoms with Gasteiger partial charge in [-0.05, 0) is 24.6 Å². The van der Waals surface area contributed by atoms with Gasteiger partial charge in [0.2, 0.25) is 0 Å². The van der Waals surface area contributed by atoms with Gasteiger partial charge in [0.05, 0.1) is 10.6 Å². The Morgan fingerprint density at radius 1 is 1.38 bits per heavy atom. The van der Waals surface area contributed by atoms with E-state index < -0.39 is 10.5 Å². The minimum atomic E-state index is -0.490. The highest BCUT2D eigenvalue weighted by molar-refractivity contribution is 5.61. The van der Waals surface area contributed by atoms with Crippen LogP contribution in [0.2, 0.25) is 0 Å². The maximum absolute atomic E-state index is 11.9. The number of nitro groups is 1. The van der Waals surface area contributed by atoms with E-state index in [0.717, 1.165) is 0 Å². The van der Waals surface area contributed by atoms with Gasteiger partial charge in [-0.25, -0.2) is 4.68 Å². The quantitative estimate of drug-likeness (QED) is 0.632. The van der Waals surface area contributed by atoms with Crippen LogP contribution < -0.4 is 5.56 Å². The third kappa shape index (κ3) is 2.95. The largest absolute Gasteiger partial charge is 0.284 e. The summed E-state index contributed by atoms with van der Waals surface area (Å²) < 4.78 is 1.25. The number of hydrogen-bond donors (Lipinski definition) is 0. The smallest absolute Gasteiger partial charge is 0.266 e. The molecule has 2 rings (SSSR count). The second kappa shape index (κ2) is 5.96. The molecule has 0 unspecified atom stereocenters. The number of aromatic nitrogens is 2. The molecule has 0 aliphatic rings. The predicted molar refractivity (Wildman–Crippen MR) is 75.6 cm³/mol. The van der Waals surface area contributed by atoms with Crippen molar-refractivity contribution in [2.45, 2.75) is 19.9 Å². The summed E-state index contributed by atoms with van der Waals surface area (Å²) in [5.41, 5.74) is 0.606. The van der Waals surface area contributed by atoms with Crippen LogP contribution in [-0.2, 0) is 6.54 Å². The van der Waals surface area contributed by atoms with Crippen LogP contribution >= 0.6 is 0 Å². The summed E-state index contributed by atoms with van der Waals surface area (Å²) in [5.74, 6) is 0. The number of hydrogen-bond acceptors (Lipinski definition) is 5. The Hall–Kier alpha value is -3.01. The van der Waals surface area contributed by atoms with Crippen LogP contribution in [0.3, 0.4) is 0 Å². The zero-order valence-electron chi connectivity index (χ0n) is 11.3. The lowest BCUT2D eigenvalue weighted by atomic mass is 10.1.